The molecule has 0 saturated carbocycles. The van der Waals surface area contributed by atoms with Crippen LogP contribution in [0.4, 0.5) is 0 Å². The zero-order valence-electron chi connectivity index (χ0n) is 15.9. The number of aryl methyl sites for hydroxylation is 1. The summed E-state index contributed by atoms with van der Waals surface area (Å²) < 4.78 is 5.68. The van der Waals surface area contributed by atoms with Gasteiger partial charge in [0.2, 0.25) is 0 Å². The van der Waals surface area contributed by atoms with Gasteiger partial charge in [-0.05, 0) is 47.7 Å². The summed E-state index contributed by atoms with van der Waals surface area (Å²) in [7, 11) is 0. The minimum atomic E-state index is 0.416. The SMILES string of the molecule is CCC(=NOCCOc1cccc(C)c1)c1ccc(-c2ccccc2)cc1. The maximum Gasteiger partial charge on any atom is 0.151 e. The maximum absolute atomic E-state index is 5.68. The topological polar surface area (TPSA) is 30.8 Å². The van der Waals surface area contributed by atoms with Gasteiger partial charge in [-0.1, -0.05) is 78.8 Å². The summed E-state index contributed by atoms with van der Waals surface area (Å²) in [6.45, 7) is 5.01. The molecule has 3 aromatic carbocycles. The van der Waals surface area contributed by atoms with Crippen molar-refractivity contribution in [2.75, 3.05) is 13.2 Å². The zero-order valence-corrected chi connectivity index (χ0v) is 15.9. The van der Waals surface area contributed by atoms with Gasteiger partial charge in [-0.2, -0.15) is 0 Å². The molecule has 27 heavy (non-hydrogen) atoms. The first kappa shape index (κ1) is 18.7. The Bertz CT molecular complexity index is 870. The van der Waals surface area contributed by atoms with Crippen LogP contribution in [0.5, 0.6) is 5.75 Å². The van der Waals surface area contributed by atoms with Gasteiger partial charge in [0, 0.05) is 0 Å². The van der Waals surface area contributed by atoms with Crippen molar-refractivity contribution in [1.82, 2.24) is 0 Å². The molecule has 0 aliphatic carbocycles. The normalized spacial score (nSPS) is 11.3. The monoisotopic (exact) mass is 359 g/mol. The molecule has 0 aromatic heterocycles. The molecular formula is C24H25NO2. The molecule has 0 saturated heterocycles. The predicted molar refractivity (Wildman–Crippen MR) is 111 cm³/mol. The lowest BCUT2D eigenvalue weighted by molar-refractivity contribution is 0.107. The lowest BCUT2D eigenvalue weighted by Crippen LogP contribution is -2.06. The standard InChI is InChI=1S/C24H25NO2/c1-3-24(25-27-17-16-26-23-11-7-8-19(2)18-23)22-14-12-21(13-15-22)20-9-5-4-6-10-20/h4-15,18H,3,16-17H2,1-2H3. The minimum absolute atomic E-state index is 0.416. The third-order valence-corrected chi connectivity index (χ3v) is 4.27. The van der Waals surface area contributed by atoms with Crippen molar-refractivity contribution in [3.63, 3.8) is 0 Å². The van der Waals surface area contributed by atoms with Gasteiger partial charge in [-0.15, -0.1) is 0 Å². The molecule has 0 aliphatic rings. The Morgan fingerprint density at radius 3 is 2.26 bits per heavy atom. The maximum atomic E-state index is 5.68. The van der Waals surface area contributed by atoms with Crippen molar-refractivity contribution < 1.29 is 9.57 Å². The number of benzene rings is 3. The van der Waals surface area contributed by atoms with Crippen LogP contribution in [0.25, 0.3) is 11.1 Å². The summed E-state index contributed by atoms with van der Waals surface area (Å²) in [6.07, 6.45) is 0.809. The van der Waals surface area contributed by atoms with Crippen molar-refractivity contribution >= 4 is 5.71 Å². The van der Waals surface area contributed by atoms with Crippen LogP contribution < -0.4 is 4.74 Å². The van der Waals surface area contributed by atoms with E-state index in [-0.39, 0.29) is 0 Å². The van der Waals surface area contributed by atoms with E-state index in [9.17, 15) is 0 Å². The third kappa shape index (κ3) is 5.45. The van der Waals surface area contributed by atoms with E-state index in [0.717, 1.165) is 23.4 Å². The first-order chi connectivity index (χ1) is 13.3. The summed E-state index contributed by atoms with van der Waals surface area (Å²) in [6, 6.07) is 26.8. The summed E-state index contributed by atoms with van der Waals surface area (Å²) in [4.78, 5) is 5.47. The van der Waals surface area contributed by atoms with Crippen LogP contribution in [0.15, 0.2) is 84.0 Å². The van der Waals surface area contributed by atoms with E-state index < -0.39 is 0 Å². The Balaban J connectivity index is 1.54. The van der Waals surface area contributed by atoms with Gasteiger partial charge in [-0.3, -0.25) is 0 Å². The number of oxime groups is 1. The highest BCUT2D eigenvalue weighted by Crippen LogP contribution is 2.20. The number of hydrogen-bond donors (Lipinski definition) is 0. The molecule has 0 N–H and O–H groups in total. The van der Waals surface area contributed by atoms with Crippen LogP contribution in [0.1, 0.15) is 24.5 Å². The van der Waals surface area contributed by atoms with Crippen molar-refractivity contribution in [3.05, 3.63) is 90.0 Å². The highest BCUT2D eigenvalue weighted by molar-refractivity contribution is 6.00. The van der Waals surface area contributed by atoms with E-state index in [1.807, 2.05) is 37.3 Å². The van der Waals surface area contributed by atoms with Gasteiger partial charge in [0.1, 0.15) is 12.4 Å². The Morgan fingerprint density at radius 1 is 0.815 bits per heavy atom. The number of hydrogen-bond acceptors (Lipinski definition) is 3. The number of rotatable bonds is 8. The van der Waals surface area contributed by atoms with Crippen LogP contribution in [0.2, 0.25) is 0 Å². The summed E-state index contributed by atoms with van der Waals surface area (Å²) >= 11 is 0. The molecule has 3 heteroatoms. The van der Waals surface area contributed by atoms with Crippen molar-refractivity contribution in [2.24, 2.45) is 5.16 Å². The zero-order chi connectivity index (χ0) is 18.9. The largest absolute Gasteiger partial charge is 0.490 e. The fourth-order valence-corrected chi connectivity index (χ4v) is 2.83. The van der Waals surface area contributed by atoms with Crippen LogP contribution >= 0.6 is 0 Å². The van der Waals surface area contributed by atoms with E-state index in [1.54, 1.807) is 0 Å². The van der Waals surface area contributed by atoms with Gasteiger partial charge < -0.3 is 9.57 Å². The molecule has 3 rings (SSSR count). The van der Waals surface area contributed by atoms with E-state index in [4.69, 9.17) is 9.57 Å². The Morgan fingerprint density at radius 2 is 1.56 bits per heavy atom. The van der Waals surface area contributed by atoms with Gasteiger partial charge in [-0.25, -0.2) is 0 Å². The van der Waals surface area contributed by atoms with Crippen LogP contribution in [-0.2, 0) is 4.84 Å². The second kappa shape index (κ2) is 9.58. The van der Waals surface area contributed by atoms with Crippen LogP contribution in [0, 0.1) is 6.92 Å². The highest BCUT2D eigenvalue weighted by atomic mass is 16.6. The summed E-state index contributed by atoms with van der Waals surface area (Å²) in [5, 5.41) is 4.30. The fraction of sp³-hybridized carbons (Fsp3) is 0.208. The second-order valence-electron chi connectivity index (χ2n) is 6.33. The van der Waals surface area contributed by atoms with Crippen LogP contribution in [-0.4, -0.2) is 18.9 Å². The Labute approximate surface area is 161 Å². The quantitative estimate of drug-likeness (QED) is 0.286. The molecule has 0 aliphatic heterocycles. The smallest absolute Gasteiger partial charge is 0.151 e. The molecular weight excluding hydrogens is 334 g/mol. The molecule has 3 aromatic rings. The van der Waals surface area contributed by atoms with Crippen molar-refractivity contribution in [2.45, 2.75) is 20.3 Å². The van der Waals surface area contributed by atoms with Gasteiger partial charge >= 0.3 is 0 Å². The van der Waals surface area contributed by atoms with E-state index in [1.165, 1.54) is 16.7 Å². The molecule has 0 amide bonds. The molecule has 0 fully saturated rings. The lowest BCUT2D eigenvalue weighted by Gasteiger charge is -2.08. The van der Waals surface area contributed by atoms with E-state index in [0.29, 0.717) is 13.2 Å². The fourth-order valence-electron chi connectivity index (χ4n) is 2.83. The third-order valence-electron chi connectivity index (χ3n) is 4.27. The molecule has 0 bridgehead atoms. The van der Waals surface area contributed by atoms with Gasteiger partial charge in [0.05, 0.1) is 5.71 Å². The molecule has 3 nitrogen and oxygen atoms in total. The summed E-state index contributed by atoms with van der Waals surface area (Å²) in [5.74, 6) is 0.856. The molecule has 0 unspecified atom stereocenters. The minimum Gasteiger partial charge on any atom is -0.490 e. The highest BCUT2D eigenvalue weighted by Gasteiger charge is 2.04. The molecule has 0 radical (unpaired) electrons. The predicted octanol–water partition coefficient (Wildman–Crippen LogP) is 5.87. The van der Waals surface area contributed by atoms with Crippen molar-refractivity contribution in [1.29, 1.82) is 0 Å². The van der Waals surface area contributed by atoms with Crippen LogP contribution in [0.3, 0.4) is 0 Å². The van der Waals surface area contributed by atoms with Gasteiger partial charge in [0.25, 0.3) is 0 Å². The van der Waals surface area contributed by atoms with Gasteiger partial charge in [0.15, 0.2) is 6.61 Å². The number of nitrogens with zero attached hydrogens (tertiary/aromatic N) is 1. The van der Waals surface area contributed by atoms with E-state index in [2.05, 4.69) is 60.6 Å². The molecule has 0 atom stereocenters. The lowest BCUT2D eigenvalue weighted by atomic mass is 10.0. The molecule has 0 spiro atoms. The average Bonchev–Trinajstić information content (AvgIpc) is 2.72. The second-order valence-corrected chi connectivity index (χ2v) is 6.33. The average molecular weight is 359 g/mol. The molecule has 0 heterocycles. The van der Waals surface area contributed by atoms with Crippen molar-refractivity contribution in [3.8, 4) is 16.9 Å². The Hall–Kier alpha value is -3.07. The first-order valence-electron chi connectivity index (χ1n) is 9.30. The van der Waals surface area contributed by atoms with E-state index >= 15 is 0 Å². The summed E-state index contributed by atoms with van der Waals surface area (Å²) in [5.41, 5.74) is 5.60. The number of ether oxygens (including phenoxy) is 1. The molecule has 138 valence electrons. The Kier molecular flexibility index (Phi) is 6.64. The first-order valence-corrected chi connectivity index (χ1v) is 9.30.